The van der Waals surface area contributed by atoms with E-state index in [4.69, 9.17) is 89.7 Å². The van der Waals surface area contributed by atoms with E-state index in [1.54, 1.807) is 95.3 Å². The van der Waals surface area contributed by atoms with Crippen LogP contribution in [0.15, 0.2) is 243 Å². The maximum atomic E-state index is 15.6. The van der Waals surface area contributed by atoms with Gasteiger partial charge in [-0.15, -0.1) is 0 Å². The number of esters is 7. The van der Waals surface area contributed by atoms with Crippen LogP contribution in [-0.2, 0) is 66.7 Å². The molecule has 7 atom stereocenters. The van der Waals surface area contributed by atoms with Crippen molar-refractivity contribution in [3.05, 3.63) is 300 Å². The van der Waals surface area contributed by atoms with Gasteiger partial charge in [-0.05, 0) is 240 Å². The smallest absolute Gasteiger partial charge is 0.310 e. The zero-order valence-electron chi connectivity index (χ0n) is 78.0. The summed E-state index contributed by atoms with van der Waals surface area (Å²) in [6.07, 6.45) is 0.761. The molecule has 704 valence electrons. The highest BCUT2D eigenvalue weighted by atomic mass is 16.6. The van der Waals surface area contributed by atoms with E-state index in [-0.39, 0.29) is 78.7 Å². The molecule has 24 nitrogen and oxygen atoms in total. The van der Waals surface area contributed by atoms with Crippen LogP contribution in [0.5, 0.6) is 28.7 Å². The van der Waals surface area contributed by atoms with Crippen molar-refractivity contribution in [1.29, 1.82) is 0 Å². The second-order valence-electron chi connectivity index (χ2n) is 33.8. The first kappa shape index (κ1) is 103. The number of ether oxygens (including phenoxy) is 12. The lowest BCUT2D eigenvalue weighted by molar-refractivity contribution is -0.167. The van der Waals surface area contributed by atoms with Gasteiger partial charge < -0.3 is 56.8 Å². The molecule has 10 aromatic rings. The van der Waals surface area contributed by atoms with Crippen LogP contribution >= 0.6 is 0 Å². The highest BCUT2D eigenvalue weighted by Crippen LogP contribution is 2.38. The fraction of sp³-hybridized carbons (Fsp3) is 0.357. The topological polar surface area (TPSA) is 252 Å². The molecule has 136 heavy (non-hydrogen) atoms. The Kier molecular flexibility index (Phi) is 42.0. The van der Waals surface area contributed by atoms with Crippen molar-refractivity contribution in [2.24, 2.45) is 41.4 Å². The summed E-state index contributed by atoms with van der Waals surface area (Å²) in [5.41, 5.74) is 12.0. The SMILES string of the molecule is [C-]#[N+]c1ccc(-c2ccc(OCCCCOC(=O)C(C)CC(CC(CC(CC(CC(C(=O)OC(C)C)C(C)C(=O)OC(C)C)C(=O)OCCCCOc3ccc(-c4ccc([N+]#[C-])cc4)cc3)C(=O)OCCCCOc3ccc(-c4ccc([N+]#[C-])cc4)cc3)C(=O)OCCCCOc3ccc(-c4ccc([N+]#[C-])cc4)cc3)C(=O)OCCCCOc3ccc(-c4ccc([N+]#[C-])cc4)cc3)cc2)cc1. The van der Waals surface area contributed by atoms with Gasteiger partial charge in [0.1, 0.15) is 28.7 Å². The first-order valence-corrected chi connectivity index (χ1v) is 46.3. The summed E-state index contributed by atoms with van der Waals surface area (Å²) < 4.78 is 72.7. The Labute approximate surface area is 797 Å². The minimum absolute atomic E-state index is 0.0104. The average molecular weight is 1840 g/mol. The number of hydrogen-bond acceptors (Lipinski definition) is 19. The van der Waals surface area contributed by atoms with Gasteiger partial charge in [-0.25, -0.2) is 24.2 Å². The zero-order chi connectivity index (χ0) is 96.8. The summed E-state index contributed by atoms with van der Waals surface area (Å²) in [7, 11) is 0. The Bertz CT molecular complexity index is 5680. The van der Waals surface area contributed by atoms with Gasteiger partial charge in [0.05, 0.1) is 153 Å². The number of hydrogen-bond donors (Lipinski definition) is 0. The van der Waals surface area contributed by atoms with Gasteiger partial charge in [0.25, 0.3) is 0 Å². The summed E-state index contributed by atoms with van der Waals surface area (Å²) in [6, 6.07) is 74.0. The summed E-state index contributed by atoms with van der Waals surface area (Å²) in [5, 5.41) is 0. The Morgan fingerprint density at radius 2 is 0.404 bits per heavy atom. The first-order chi connectivity index (χ1) is 66.0. The molecule has 0 aliphatic carbocycles. The molecule has 0 saturated heterocycles. The van der Waals surface area contributed by atoms with Crippen LogP contribution < -0.4 is 23.7 Å². The quantitative estimate of drug-likeness (QED) is 0.0149. The van der Waals surface area contributed by atoms with Gasteiger partial charge in [-0.3, -0.25) is 33.6 Å². The standard InChI is InChI=1S/C112H117N5O19/c1-77(2)135-107(119)80(6)105(112(124)136-78(3)4)76-94(111(123)134-71-21-16-66-129-104-60-40-90(41-61-104)85-30-50-99(117-11)51-31-85)75-93(110(122)133-70-20-15-65-128-103-58-38-89(39-59-103)84-28-48-98(116-10)49-29-84)74-92(109(121)132-69-19-14-64-127-102-56-36-88(37-57-102)83-26-46-97(115-9)47-27-83)73-91(108(120)131-68-18-13-63-126-101-54-34-87(35-55-101)82-24-44-96(114-8)45-25-82)72-79(5)106(118)130-67-17-12-62-125-100-52-32-86(33-53-100)81-22-42-95(113-7)43-23-81/h22-61,77-80,91-94,105H,12-21,62-76H2,1-6H3. The molecule has 0 saturated carbocycles. The van der Waals surface area contributed by atoms with Crippen molar-refractivity contribution in [3.8, 4) is 84.4 Å². The van der Waals surface area contributed by atoms with Gasteiger partial charge in [-0.2, -0.15) is 0 Å². The number of nitrogens with zero attached hydrogens (tertiary/aromatic N) is 5. The van der Waals surface area contributed by atoms with E-state index in [0.717, 1.165) is 55.6 Å². The molecule has 0 bridgehead atoms. The Hall–Kier alpha value is -15.1. The van der Waals surface area contributed by atoms with E-state index in [1.165, 1.54) is 6.92 Å². The zero-order valence-corrected chi connectivity index (χ0v) is 78.0. The van der Waals surface area contributed by atoms with Gasteiger partial charge in [0.15, 0.2) is 28.4 Å². The lowest BCUT2D eigenvalue weighted by atomic mass is 9.77. The highest BCUT2D eigenvalue weighted by molar-refractivity contribution is 5.84. The predicted octanol–water partition coefficient (Wildman–Crippen LogP) is 25.3. The number of rotatable bonds is 55. The molecule has 0 aliphatic heterocycles. The molecule has 0 amide bonds. The molecule has 7 unspecified atom stereocenters. The van der Waals surface area contributed by atoms with Crippen molar-refractivity contribution in [3.63, 3.8) is 0 Å². The molecule has 10 rings (SSSR count). The molecule has 0 radical (unpaired) electrons. The summed E-state index contributed by atoms with van der Waals surface area (Å²) in [6.45, 7) is 47.2. The third kappa shape index (κ3) is 34.2. The average Bonchev–Trinajstić information content (AvgIpc) is 0.825. The van der Waals surface area contributed by atoms with Crippen molar-refractivity contribution in [2.75, 3.05) is 66.1 Å². The van der Waals surface area contributed by atoms with Crippen LogP contribution in [0.3, 0.4) is 0 Å². The molecule has 10 aromatic carbocycles. The maximum Gasteiger partial charge on any atom is 0.310 e. The largest absolute Gasteiger partial charge is 0.494 e. The van der Waals surface area contributed by atoms with Crippen LogP contribution in [0.2, 0.25) is 0 Å². The highest BCUT2D eigenvalue weighted by Gasteiger charge is 2.42. The van der Waals surface area contributed by atoms with E-state index in [1.807, 2.05) is 182 Å². The van der Waals surface area contributed by atoms with E-state index in [9.17, 15) is 14.4 Å². The molecule has 0 aliphatic rings. The first-order valence-electron chi connectivity index (χ1n) is 46.3. The van der Waals surface area contributed by atoms with E-state index in [0.29, 0.717) is 122 Å². The molecule has 0 spiro atoms. The molecule has 0 N–H and O–H groups in total. The van der Waals surface area contributed by atoms with Crippen LogP contribution in [0.4, 0.5) is 28.4 Å². The third-order valence-corrected chi connectivity index (χ3v) is 22.8. The fourth-order valence-corrected chi connectivity index (χ4v) is 15.2. The lowest BCUT2D eigenvalue weighted by Crippen LogP contribution is -2.37. The molecule has 0 heterocycles. The number of unbranched alkanes of at least 4 members (excludes halogenated alkanes) is 5. The van der Waals surface area contributed by atoms with Crippen LogP contribution in [-0.4, -0.2) is 120 Å². The normalized spacial score (nSPS) is 12.4. The fourth-order valence-electron chi connectivity index (χ4n) is 15.2. The number of carbonyl (C=O) groups is 7. The minimum atomic E-state index is -1.41. The second kappa shape index (κ2) is 55.4. The summed E-state index contributed by atoms with van der Waals surface area (Å²) in [5.74, 6) is -11.4. The lowest BCUT2D eigenvalue weighted by Gasteiger charge is -2.29. The predicted molar refractivity (Wildman–Crippen MR) is 520 cm³/mol. The van der Waals surface area contributed by atoms with E-state index < -0.39 is 115 Å². The van der Waals surface area contributed by atoms with E-state index in [2.05, 4.69) is 24.2 Å². The monoisotopic (exact) mass is 1840 g/mol. The van der Waals surface area contributed by atoms with Crippen LogP contribution in [0, 0.1) is 74.3 Å². The minimum Gasteiger partial charge on any atom is -0.494 e. The van der Waals surface area contributed by atoms with Gasteiger partial charge in [0.2, 0.25) is 0 Å². The van der Waals surface area contributed by atoms with Gasteiger partial charge >= 0.3 is 41.8 Å². The van der Waals surface area contributed by atoms with E-state index >= 15 is 19.2 Å². The molecule has 24 heteroatoms. The summed E-state index contributed by atoms with van der Waals surface area (Å²) >= 11 is 0. The van der Waals surface area contributed by atoms with Crippen molar-refractivity contribution < 1.29 is 90.4 Å². The summed E-state index contributed by atoms with van der Waals surface area (Å²) in [4.78, 5) is 122. The maximum absolute atomic E-state index is 15.6. The second-order valence-corrected chi connectivity index (χ2v) is 33.8. The molecule has 0 aromatic heterocycles. The number of benzene rings is 10. The van der Waals surface area contributed by atoms with Crippen molar-refractivity contribution >= 4 is 70.2 Å². The van der Waals surface area contributed by atoms with Crippen LogP contribution in [0.1, 0.15) is 138 Å². The Morgan fingerprint density at radius 3 is 0.618 bits per heavy atom. The molecule has 0 fully saturated rings. The van der Waals surface area contributed by atoms with Gasteiger partial charge in [-0.1, -0.05) is 196 Å². The Morgan fingerprint density at radius 1 is 0.221 bits per heavy atom. The van der Waals surface area contributed by atoms with Gasteiger partial charge in [0, 0.05) is 0 Å². The molecular weight excluding hydrogens is 1720 g/mol. The van der Waals surface area contributed by atoms with Crippen LogP contribution in [0.25, 0.3) is 79.9 Å². The van der Waals surface area contributed by atoms with Crippen molar-refractivity contribution in [2.45, 2.75) is 150 Å². The third-order valence-electron chi connectivity index (χ3n) is 22.8. The van der Waals surface area contributed by atoms with Crippen molar-refractivity contribution in [1.82, 2.24) is 0 Å². The molecular formula is C112H117N5O19. The Balaban J connectivity index is 0.913. The number of carbonyl (C=O) groups excluding carboxylic acids is 7.